The Kier molecular flexibility index (Phi) is 7.10. The Morgan fingerprint density at radius 1 is 0.309 bits per heavy atom. The van der Waals surface area contributed by atoms with E-state index in [1.807, 2.05) is 60.7 Å². The van der Waals surface area contributed by atoms with Crippen LogP contribution in [0, 0.1) is 0 Å². The van der Waals surface area contributed by atoms with Gasteiger partial charge < -0.3 is 4.42 Å². The van der Waals surface area contributed by atoms with E-state index in [-0.39, 0.29) is 0 Å². The molecule has 11 rings (SSSR count). The van der Waals surface area contributed by atoms with Crippen molar-refractivity contribution in [3.05, 3.63) is 182 Å². The maximum Gasteiger partial charge on any atom is 0.227 e. The molecule has 0 aliphatic heterocycles. The summed E-state index contributed by atoms with van der Waals surface area (Å²) in [5, 5.41) is 8.95. The number of oxazole rings is 1. The van der Waals surface area contributed by atoms with Gasteiger partial charge in [-0.1, -0.05) is 164 Å². The number of benzene rings is 9. The maximum atomic E-state index is 6.74. The van der Waals surface area contributed by atoms with Crippen LogP contribution in [0.1, 0.15) is 0 Å². The van der Waals surface area contributed by atoms with Gasteiger partial charge in [0.15, 0.2) is 23.1 Å². The third-order valence-electron chi connectivity index (χ3n) is 10.5. The summed E-state index contributed by atoms with van der Waals surface area (Å²) in [5.41, 5.74) is 7.68. The molecule has 0 unspecified atom stereocenters. The second-order valence-corrected chi connectivity index (χ2v) is 13.8. The summed E-state index contributed by atoms with van der Waals surface area (Å²) in [7, 11) is 0. The highest BCUT2D eigenvalue weighted by molar-refractivity contribution is 6.27. The van der Waals surface area contributed by atoms with E-state index < -0.39 is 0 Å². The van der Waals surface area contributed by atoms with Crippen molar-refractivity contribution in [1.29, 1.82) is 0 Å². The maximum absolute atomic E-state index is 6.74. The third kappa shape index (κ3) is 5.24. The Labute approximate surface area is 316 Å². The second-order valence-electron chi connectivity index (χ2n) is 13.8. The van der Waals surface area contributed by atoms with Crippen LogP contribution in [0.3, 0.4) is 0 Å². The smallest absolute Gasteiger partial charge is 0.227 e. The minimum absolute atomic E-state index is 0.594. The van der Waals surface area contributed by atoms with Gasteiger partial charge in [0.2, 0.25) is 5.89 Å². The molecule has 0 fully saturated rings. The Balaban J connectivity index is 1.08. The highest BCUT2D eigenvalue weighted by Gasteiger charge is 2.18. The number of hydrogen-bond donors (Lipinski definition) is 0. The van der Waals surface area contributed by atoms with Gasteiger partial charge in [0.05, 0.1) is 0 Å². The average Bonchev–Trinajstić information content (AvgIpc) is 3.71. The molecule has 0 aliphatic rings. The summed E-state index contributed by atoms with van der Waals surface area (Å²) >= 11 is 0. The first-order valence-electron chi connectivity index (χ1n) is 18.4. The number of aromatic nitrogens is 4. The van der Waals surface area contributed by atoms with Crippen LogP contribution in [0.15, 0.2) is 186 Å². The van der Waals surface area contributed by atoms with E-state index >= 15 is 0 Å². The lowest BCUT2D eigenvalue weighted by molar-refractivity contribution is 0.623. The molecule has 0 saturated heterocycles. The predicted octanol–water partition coefficient (Wildman–Crippen LogP) is 13.0. The first-order chi connectivity index (χ1) is 27.2. The first-order valence-corrected chi connectivity index (χ1v) is 18.4. The number of nitrogens with zero attached hydrogens (tertiary/aromatic N) is 4. The molecule has 0 aliphatic carbocycles. The van der Waals surface area contributed by atoms with Crippen molar-refractivity contribution in [1.82, 2.24) is 19.9 Å². The summed E-state index contributed by atoms with van der Waals surface area (Å²) in [6, 6.07) is 62.9. The number of rotatable bonds is 5. The zero-order valence-electron chi connectivity index (χ0n) is 29.5. The fraction of sp³-hybridized carbons (Fsp3) is 0. The number of hydrogen-bond acceptors (Lipinski definition) is 5. The average molecular weight is 703 g/mol. The summed E-state index contributed by atoms with van der Waals surface area (Å²) < 4.78 is 6.74. The van der Waals surface area contributed by atoms with E-state index in [1.165, 1.54) is 16.3 Å². The fourth-order valence-corrected chi connectivity index (χ4v) is 7.89. The molecule has 0 saturated carbocycles. The van der Waals surface area contributed by atoms with Gasteiger partial charge in [-0.3, -0.25) is 0 Å². The van der Waals surface area contributed by atoms with Crippen molar-refractivity contribution in [3.63, 3.8) is 0 Å². The topological polar surface area (TPSA) is 64.7 Å². The highest BCUT2D eigenvalue weighted by atomic mass is 16.3. The Bertz CT molecular complexity index is 3180. The monoisotopic (exact) mass is 702 g/mol. The van der Waals surface area contributed by atoms with Gasteiger partial charge in [0.25, 0.3) is 0 Å². The normalized spacial score (nSPS) is 11.6. The van der Waals surface area contributed by atoms with Crippen LogP contribution >= 0.6 is 0 Å². The van der Waals surface area contributed by atoms with E-state index in [1.54, 1.807) is 0 Å². The van der Waals surface area contributed by atoms with Crippen LogP contribution in [0.4, 0.5) is 0 Å². The van der Waals surface area contributed by atoms with Crippen molar-refractivity contribution in [2.45, 2.75) is 0 Å². The van der Waals surface area contributed by atoms with E-state index in [0.29, 0.717) is 23.4 Å². The minimum Gasteiger partial charge on any atom is -0.435 e. The van der Waals surface area contributed by atoms with Crippen molar-refractivity contribution in [2.75, 3.05) is 0 Å². The zero-order valence-corrected chi connectivity index (χ0v) is 29.5. The minimum atomic E-state index is 0.594. The molecule has 0 spiro atoms. The third-order valence-corrected chi connectivity index (χ3v) is 10.5. The molecular formula is C50H30N4O. The van der Waals surface area contributed by atoms with E-state index in [2.05, 4.69) is 121 Å². The van der Waals surface area contributed by atoms with Crippen molar-refractivity contribution >= 4 is 54.2 Å². The molecule has 0 N–H and O–H groups in total. The van der Waals surface area contributed by atoms with Gasteiger partial charge in [-0.2, -0.15) is 0 Å². The van der Waals surface area contributed by atoms with Crippen LogP contribution in [0.5, 0.6) is 0 Å². The quantitative estimate of drug-likeness (QED) is 0.167. The molecule has 11 aromatic rings. The van der Waals surface area contributed by atoms with E-state index in [0.717, 1.165) is 71.2 Å². The largest absolute Gasteiger partial charge is 0.435 e. The molecule has 2 aromatic heterocycles. The molecule has 0 bridgehead atoms. The summed E-state index contributed by atoms with van der Waals surface area (Å²) in [5.74, 6) is 2.48. The van der Waals surface area contributed by atoms with Crippen molar-refractivity contribution in [2.24, 2.45) is 0 Å². The second kappa shape index (κ2) is 12.6. The molecule has 0 amide bonds. The van der Waals surface area contributed by atoms with E-state index in [4.69, 9.17) is 24.4 Å². The van der Waals surface area contributed by atoms with Crippen LogP contribution in [0.25, 0.3) is 111 Å². The first kappa shape index (κ1) is 31.1. The van der Waals surface area contributed by atoms with Gasteiger partial charge in [-0.05, 0) is 61.6 Å². The van der Waals surface area contributed by atoms with Gasteiger partial charge >= 0.3 is 0 Å². The molecule has 0 atom stereocenters. The standard InChI is InChI=1S/C50H30N4O/c1-3-12-35(13-4-1)47-52-48(36-14-5-2-6-15-36)54-49(53-47)42-20-10-19-41-40(42)29-27-33-23-24-34-28-30-43-46(45(34)44(33)41)55-50(51-43)37-25-21-32(22-26-37)39-18-9-16-31-11-7-8-17-38(31)39/h1-30H. The van der Waals surface area contributed by atoms with Gasteiger partial charge in [-0.25, -0.2) is 19.9 Å². The zero-order chi connectivity index (χ0) is 36.3. The fourth-order valence-electron chi connectivity index (χ4n) is 7.89. The Hall–Kier alpha value is -7.50. The lowest BCUT2D eigenvalue weighted by atomic mass is 9.93. The van der Waals surface area contributed by atoms with Crippen LogP contribution in [0.2, 0.25) is 0 Å². The van der Waals surface area contributed by atoms with Crippen molar-refractivity contribution < 1.29 is 4.42 Å². The van der Waals surface area contributed by atoms with E-state index in [9.17, 15) is 0 Å². The van der Waals surface area contributed by atoms with Crippen LogP contribution < -0.4 is 0 Å². The summed E-state index contributed by atoms with van der Waals surface area (Å²) in [4.78, 5) is 20.1. The Morgan fingerprint density at radius 3 is 1.64 bits per heavy atom. The molecule has 256 valence electrons. The lowest BCUT2D eigenvalue weighted by Crippen LogP contribution is -2.00. The SMILES string of the molecule is c1ccc(-c2nc(-c3ccccc3)nc(-c3cccc4c3ccc3ccc5ccc6nc(-c7ccc(-c8cccc9ccccc89)cc7)oc6c5c34)n2)cc1. The summed E-state index contributed by atoms with van der Waals surface area (Å²) in [6.45, 7) is 0. The summed E-state index contributed by atoms with van der Waals surface area (Å²) in [6.07, 6.45) is 0. The molecule has 55 heavy (non-hydrogen) atoms. The molecule has 0 radical (unpaired) electrons. The van der Waals surface area contributed by atoms with Gasteiger partial charge in [0.1, 0.15) is 5.52 Å². The lowest BCUT2D eigenvalue weighted by Gasteiger charge is -2.13. The molecular weight excluding hydrogens is 673 g/mol. The highest BCUT2D eigenvalue weighted by Crippen LogP contribution is 2.41. The van der Waals surface area contributed by atoms with Crippen LogP contribution in [-0.4, -0.2) is 19.9 Å². The Morgan fingerprint density at radius 2 is 0.873 bits per heavy atom. The molecule has 5 heteroatoms. The van der Waals surface area contributed by atoms with Crippen LogP contribution in [-0.2, 0) is 0 Å². The predicted molar refractivity (Wildman–Crippen MR) is 225 cm³/mol. The van der Waals surface area contributed by atoms with Gasteiger partial charge in [0, 0.05) is 33.0 Å². The molecule has 5 nitrogen and oxygen atoms in total. The number of fused-ring (bicyclic) bond motifs is 8. The van der Waals surface area contributed by atoms with Crippen molar-refractivity contribution in [3.8, 4) is 56.7 Å². The molecule has 9 aromatic carbocycles. The van der Waals surface area contributed by atoms with Gasteiger partial charge in [-0.15, -0.1) is 0 Å². The molecule has 2 heterocycles.